The molecule has 0 aliphatic carbocycles. The van der Waals surface area contributed by atoms with Crippen molar-refractivity contribution in [2.45, 2.75) is 24.2 Å². The van der Waals surface area contributed by atoms with Crippen molar-refractivity contribution >= 4 is 24.0 Å². The highest BCUT2D eigenvalue weighted by Crippen LogP contribution is 2.23. The summed E-state index contributed by atoms with van der Waals surface area (Å²) in [5.74, 6) is 0. The molecule has 4 heteroatoms. The Morgan fingerprint density at radius 3 is 2.80 bits per heavy atom. The summed E-state index contributed by atoms with van der Waals surface area (Å²) in [6.07, 6.45) is 1.88. The van der Waals surface area contributed by atoms with Crippen molar-refractivity contribution in [3.63, 3.8) is 0 Å². The monoisotopic (exact) mass is 175 g/mol. The molecule has 10 heavy (non-hydrogen) atoms. The molecule has 0 amide bonds. The Morgan fingerprint density at radius 1 is 1.70 bits per heavy atom. The number of ether oxygens (including phenoxy) is 1. The Bertz CT molecular complexity index is 209. The number of hydrogen-bond donors (Lipinski definition) is 1. The van der Waals surface area contributed by atoms with Crippen LogP contribution in [0.4, 0.5) is 0 Å². The molecule has 0 radical (unpaired) electrons. The zero-order chi connectivity index (χ0) is 7.56. The van der Waals surface area contributed by atoms with Gasteiger partial charge < -0.3 is 4.74 Å². The lowest BCUT2D eigenvalue weighted by molar-refractivity contribution is 0.241. The fourth-order valence-corrected chi connectivity index (χ4v) is 1.43. The highest BCUT2D eigenvalue weighted by Gasteiger charge is 2.00. The van der Waals surface area contributed by atoms with E-state index in [4.69, 9.17) is 4.74 Å². The van der Waals surface area contributed by atoms with E-state index < -0.39 is 0 Å². The van der Waals surface area contributed by atoms with Gasteiger partial charge in [0.2, 0.25) is 0 Å². The molecular weight excluding hydrogens is 166 g/mol. The zero-order valence-electron chi connectivity index (χ0n) is 5.87. The third kappa shape index (κ3) is 2.19. The molecule has 0 saturated carbocycles. The van der Waals surface area contributed by atoms with Crippen LogP contribution in [-0.2, 0) is 0 Å². The summed E-state index contributed by atoms with van der Waals surface area (Å²) in [4.78, 5) is 3.98. The van der Waals surface area contributed by atoms with Gasteiger partial charge in [0.05, 0.1) is 16.5 Å². The van der Waals surface area contributed by atoms with E-state index in [1.54, 1.807) is 6.20 Å². The molecule has 0 bridgehead atoms. The molecule has 0 aromatic carbocycles. The maximum absolute atomic E-state index is 5.29. The largest absolute Gasteiger partial charge is 0.467 e. The maximum Gasteiger partial charge on any atom is 0.274 e. The van der Waals surface area contributed by atoms with Crippen molar-refractivity contribution in [3.05, 3.63) is 6.20 Å². The van der Waals surface area contributed by atoms with Crippen molar-refractivity contribution in [2.75, 3.05) is 0 Å². The van der Waals surface area contributed by atoms with Gasteiger partial charge in [-0.25, -0.2) is 4.98 Å². The Hall–Kier alpha value is -0.220. The summed E-state index contributed by atoms with van der Waals surface area (Å²) in [7, 11) is 0. The molecule has 0 fully saturated rings. The van der Waals surface area contributed by atoms with Crippen molar-refractivity contribution in [1.82, 2.24) is 4.98 Å². The molecule has 0 saturated heterocycles. The van der Waals surface area contributed by atoms with Crippen LogP contribution in [0.3, 0.4) is 0 Å². The van der Waals surface area contributed by atoms with Gasteiger partial charge in [-0.1, -0.05) is 11.3 Å². The third-order valence-corrected chi connectivity index (χ3v) is 1.89. The van der Waals surface area contributed by atoms with E-state index >= 15 is 0 Å². The predicted molar refractivity (Wildman–Crippen MR) is 45.1 cm³/mol. The Labute approximate surface area is 69.7 Å². The molecule has 0 atom stereocenters. The van der Waals surface area contributed by atoms with E-state index in [-0.39, 0.29) is 6.10 Å². The van der Waals surface area contributed by atoms with Gasteiger partial charge in [-0.2, -0.15) is 0 Å². The highest BCUT2D eigenvalue weighted by molar-refractivity contribution is 7.82. The van der Waals surface area contributed by atoms with E-state index in [1.807, 2.05) is 13.8 Å². The van der Waals surface area contributed by atoms with E-state index in [0.29, 0.717) is 5.19 Å². The highest BCUT2D eigenvalue weighted by atomic mass is 32.2. The molecule has 0 aliphatic heterocycles. The van der Waals surface area contributed by atoms with Crippen LogP contribution in [0.2, 0.25) is 0 Å². The van der Waals surface area contributed by atoms with Gasteiger partial charge in [0.25, 0.3) is 5.19 Å². The first-order chi connectivity index (χ1) is 4.68. The first kappa shape index (κ1) is 7.88. The van der Waals surface area contributed by atoms with Crippen LogP contribution in [0.1, 0.15) is 13.8 Å². The molecule has 1 aromatic heterocycles. The smallest absolute Gasteiger partial charge is 0.274 e. The molecule has 1 heterocycles. The van der Waals surface area contributed by atoms with Gasteiger partial charge in [-0.15, -0.1) is 12.6 Å². The second-order valence-electron chi connectivity index (χ2n) is 2.13. The van der Waals surface area contributed by atoms with Crippen LogP contribution < -0.4 is 4.74 Å². The topological polar surface area (TPSA) is 22.1 Å². The maximum atomic E-state index is 5.29. The fraction of sp³-hybridized carbons (Fsp3) is 0.500. The summed E-state index contributed by atoms with van der Waals surface area (Å²) in [5.41, 5.74) is 0. The molecule has 2 nitrogen and oxygen atoms in total. The molecular formula is C6H9NOS2. The normalized spacial score (nSPS) is 10.4. The molecule has 0 unspecified atom stereocenters. The van der Waals surface area contributed by atoms with Crippen LogP contribution >= 0.6 is 24.0 Å². The van der Waals surface area contributed by atoms with Gasteiger partial charge in [-0.05, 0) is 13.8 Å². The minimum absolute atomic E-state index is 0.193. The standard InChI is InChI=1S/C6H9NOS2/c1-4(2)8-6-7-3-5(9)10-6/h3-4,9H,1-2H3. The zero-order valence-corrected chi connectivity index (χ0v) is 7.58. The Kier molecular flexibility index (Phi) is 2.56. The minimum Gasteiger partial charge on any atom is -0.467 e. The third-order valence-electron chi connectivity index (χ3n) is 0.809. The fourth-order valence-electron chi connectivity index (χ4n) is 0.506. The van der Waals surface area contributed by atoms with E-state index in [0.717, 1.165) is 4.21 Å². The summed E-state index contributed by atoms with van der Waals surface area (Å²) in [6, 6.07) is 0. The van der Waals surface area contributed by atoms with E-state index in [9.17, 15) is 0 Å². The number of nitrogens with zero attached hydrogens (tertiary/aromatic N) is 1. The van der Waals surface area contributed by atoms with E-state index in [1.165, 1.54) is 11.3 Å². The number of rotatable bonds is 2. The number of aromatic nitrogens is 1. The SMILES string of the molecule is CC(C)Oc1ncc(S)s1. The Balaban J connectivity index is 2.58. The number of thiazole rings is 1. The molecule has 0 N–H and O–H groups in total. The van der Waals surface area contributed by atoms with Crippen molar-refractivity contribution in [3.8, 4) is 5.19 Å². The first-order valence-corrected chi connectivity index (χ1v) is 4.26. The Morgan fingerprint density at radius 2 is 2.40 bits per heavy atom. The average Bonchev–Trinajstić information content (AvgIpc) is 2.13. The first-order valence-electron chi connectivity index (χ1n) is 3.00. The second-order valence-corrected chi connectivity index (χ2v) is 3.91. The van der Waals surface area contributed by atoms with Crippen LogP contribution in [0, 0.1) is 0 Å². The number of hydrogen-bond acceptors (Lipinski definition) is 4. The van der Waals surface area contributed by atoms with Crippen LogP contribution in [-0.4, -0.2) is 11.1 Å². The van der Waals surface area contributed by atoms with Crippen molar-refractivity contribution in [1.29, 1.82) is 0 Å². The second kappa shape index (κ2) is 3.25. The van der Waals surface area contributed by atoms with Gasteiger partial charge in [0, 0.05) is 0 Å². The summed E-state index contributed by atoms with van der Waals surface area (Å²) in [6.45, 7) is 3.94. The summed E-state index contributed by atoms with van der Waals surface area (Å²) >= 11 is 5.55. The van der Waals surface area contributed by atoms with Gasteiger partial charge in [0.15, 0.2) is 0 Å². The molecule has 0 aliphatic rings. The van der Waals surface area contributed by atoms with Crippen LogP contribution in [0.15, 0.2) is 10.4 Å². The van der Waals surface area contributed by atoms with Crippen molar-refractivity contribution < 1.29 is 4.74 Å². The lowest BCUT2D eigenvalue weighted by Crippen LogP contribution is -2.04. The number of thiol groups is 1. The van der Waals surface area contributed by atoms with Crippen LogP contribution in [0.5, 0.6) is 5.19 Å². The molecule has 0 spiro atoms. The van der Waals surface area contributed by atoms with Gasteiger partial charge in [0.1, 0.15) is 0 Å². The minimum atomic E-state index is 0.193. The lowest BCUT2D eigenvalue weighted by atomic mass is 10.5. The molecule has 1 rings (SSSR count). The molecule has 1 aromatic rings. The predicted octanol–water partition coefficient (Wildman–Crippen LogP) is 2.22. The van der Waals surface area contributed by atoms with Crippen LogP contribution in [0.25, 0.3) is 0 Å². The summed E-state index contributed by atoms with van der Waals surface area (Å²) < 4.78 is 6.18. The average molecular weight is 175 g/mol. The lowest BCUT2D eigenvalue weighted by Gasteiger charge is -2.03. The quantitative estimate of drug-likeness (QED) is 0.696. The summed E-state index contributed by atoms with van der Waals surface area (Å²) in [5, 5.41) is 0.694. The van der Waals surface area contributed by atoms with Gasteiger partial charge in [-0.3, -0.25) is 0 Å². The molecule has 56 valence electrons. The van der Waals surface area contributed by atoms with Crippen molar-refractivity contribution in [2.24, 2.45) is 0 Å². The van der Waals surface area contributed by atoms with Gasteiger partial charge >= 0.3 is 0 Å². The van der Waals surface area contributed by atoms with E-state index in [2.05, 4.69) is 17.6 Å².